The van der Waals surface area contributed by atoms with Crippen LogP contribution in [-0.2, 0) is 4.74 Å². The van der Waals surface area contributed by atoms with E-state index in [9.17, 15) is 14.5 Å². The van der Waals surface area contributed by atoms with Crippen molar-refractivity contribution in [2.45, 2.75) is 0 Å². The number of aliphatic hydroxyl groups excluding tert-OH is 1. The molecule has 0 atom stereocenters. The fourth-order valence-corrected chi connectivity index (χ4v) is 1.11. The number of aliphatic hydroxyl groups is 1. The van der Waals surface area contributed by atoms with Crippen molar-refractivity contribution in [3.63, 3.8) is 0 Å². The molecule has 0 bridgehead atoms. The number of halogens is 1. The highest BCUT2D eigenvalue weighted by Gasteiger charge is 2.14. The Balaban J connectivity index is 2.49. The Bertz CT molecular complexity index is 385. The van der Waals surface area contributed by atoms with Crippen molar-refractivity contribution in [2.24, 2.45) is 0 Å². The molecule has 1 rings (SSSR count). The van der Waals surface area contributed by atoms with E-state index in [1.807, 2.05) is 0 Å². The minimum atomic E-state index is -0.904. The summed E-state index contributed by atoms with van der Waals surface area (Å²) in [6.07, 6.45) is 0. The summed E-state index contributed by atoms with van der Waals surface area (Å²) in [5, 5.41) is 18.9. The molecule has 1 aromatic carbocycles. The fourth-order valence-electron chi connectivity index (χ4n) is 1.11. The van der Waals surface area contributed by atoms with Crippen LogP contribution in [0, 0.1) is 15.9 Å². The van der Waals surface area contributed by atoms with E-state index in [4.69, 9.17) is 14.6 Å². The topological polar surface area (TPSA) is 81.8 Å². The molecular formula is C10H12FNO5. The Hall–Kier alpha value is -1.73. The highest BCUT2D eigenvalue weighted by molar-refractivity contribution is 5.39. The average Bonchev–Trinajstić information content (AvgIpc) is 2.30. The molecule has 0 aliphatic rings. The quantitative estimate of drug-likeness (QED) is 0.442. The molecule has 0 spiro atoms. The minimum absolute atomic E-state index is 0.0813. The molecule has 17 heavy (non-hydrogen) atoms. The van der Waals surface area contributed by atoms with Gasteiger partial charge in [0.05, 0.1) is 30.8 Å². The summed E-state index contributed by atoms with van der Waals surface area (Å²) in [4.78, 5) is 9.63. The summed E-state index contributed by atoms with van der Waals surface area (Å²) >= 11 is 0. The third-order valence-corrected chi connectivity index (χ3v) is 1.85. The van der Waals surface area contributed by atoms with E-state index in [-0.39, 0.29) is 32.2 Å². The van der Waals surface area contributed by atoms with Crippen LogP contribution in [0.5, 0.6) is 5.75 Å². The van der Waals surface area contributed by atoms with Gasteiger partial charge in [-0.3, -0.25) is 10.1 Å². The highest BCUT2D eigenvalue weighted by Crippen LogP contribution is 2.22. The van der Waals surface area contributed by atoms with Gasteiger partial charge in [0.1, 0.15) is 12.4 Å². The van der Waals surface area contributed by atoms with Gasteiger partial charge in [-0.2, -0.15) is 4.39 Å². The molecule has 0 radical (unpaired) electrons. The monoisotopic (exact) mass is 245 g/mol. The number of ether oxygens (including phenoxy) is 2. The minimum Gasteiger partial charge on any atom is -0.491 e. The standard InChI is InChI=1S/C10H12FNO5/c11-9-2-1-8(7-10(9)12(14)15)17-6-5-16-4-3-13/h1-2,7,13H,3-6H2. The molecule has 94 valence electrons. The predicted octanol–water partition coefficient (Wildman–Crippen LogP) is 1.12. The summed E-state index contributed by atoms with van der Waals surface area (Å²) in [7, 11) is 0. The van der Waals surface area contributed by atoms with Crippen LogP contribution in [0.3, 0.4) is 0 Å². The fraction of sp³-hybridized carbons (Fsp3) is 0.400. The Kier molecular flexibility index (Phi) is 5.31. The van der Waals surface area contributed by atoms with Crippen molar-refractivity contribution in [2.75, 3.05) is 26.4 Å². The molecular weight excluding hydrogens is 233 g/mol. The zero-order valence-electron chi connectivity index (χ0n) is 8.97. The molecule has 0 aliphatic heterocycles. The number of benzene rings is 1. The van der Waals surface area contributed by atoms with Crippen molar-refractivity contribution >= 4 is 5.69 Å². The van der Waals surface area contributed by atoms with Gasteiger partial charge in [-0.1, -0.05) is 0 Å². The molecule has 0 heterocycles. The SMILES string of the molecule is O=[N+]([O-])c1cc(OCCOCCO)ccc1F. The van der Waals surface area contributed by atoms with Crippen LogP contribution < -0.4 is 4.74 Å². The normalized spacial score (nSPS) is 10.2. The zero-order valence-corrected chi connectivity index (χ0v) is 8.97. The Morgan fingerprint density at radius 3 is 2.76 bits per heavy atom. The van der Waals surface area contributed by atoms with E-state index >= 15 is 0 Å². The predicted molar refractivity (Wildman–Crippen MR) is 56.5 cm³/mol. The van der Waals surface area contributed by atoms with Gasteiger partial charge in [-0.05, 0) is 12.1 Å². The second kappa shape index (κ2) is 6.77. The average molecular weight is 245 g/mol. The molecule has 0 fully saturated rings. The molecule has 1 N–H and O–H groups in total. The molecule has 7 heteroatoms. The largest absolute Gasteiger partial charge is 0.491 e. The van der Waals surface area contributed by atoms with Crippen molar-refractivity contribution < 1.29 is 23.9 Å². The summed E-state index contributed by atoms with van der Waals surface area (Å²) in [5.41, 5.74) is -0.626. The maximum absolute atomic E-state index is 13.0. The van der Waals surface area contributed by atoms with Crippen molar-refractivity contribution in [3.8, 4) is 5.75 Å². The number of nitrogens with zero attached hydrogens (tertiary/aromatic N) is 1. The van der Waals surface area contributed by atoms with Gasteiger partial charge in [0.2, 0.25) is 5.82 Å². The van der Waals surface area contributed by atoms with Crippen LogP contribution in [0.2, 0.25) is 0 Å². The van der Waals surface area contributed by atoms with Crippen LogP contribution in [0.25, 0.3) is 0 Å². The van der Waals surface area contributed by atoms with E-state index in [2.05, 4.69) is 0 Å². The van der Waals surface area contributed by atoms with Crippen LogP contribution in [0.4, 0.5) is 10.1 Å². The third kappa shape index (κ3) is 4.33. The zero-order chi connectivity index (χ0) is 12.7. The second-order valence-electron chi connectivity index (χ2n) is 3.05. The van der Waals surface area contributed by atoms with Crippen LogP contribution in [0.1, 0.15) is 0 Å². The maximum atomic E-state index is 13.0. The summed E-state index contributed by atoms with van der Waals surface area (Å²) < 4.78 is 23.0. The molecule has 0 aliphatic carbocycles. The summed E-state index contributed by atoms with van der Waals surface area (Å²) in [6, 6.07) is 3.29. The highest BCUT2D eigenvalue weighted by atomic mass is 19.1. The van der Waals surface area contributed by atoms with E-state index in [1.54, 1.807) is 0 Å². The number of nitro groups is 1. The lowest BCUT2D eigenvalue weighted by Crippen LogP contribution is -2.09. The number of rotatable bonds is 7. The molecule has 6 nitrogen and oxygen atoms in total. The summed E-state index contributed by atoms with van der Waals surface area (Å²) in [5.74, 6) is -0.704. The second-order valence-corrected chi connectivity index (χ2v) is 3.05. The molecule has 0 amide bonds. The lowest BCUT2D eigenvalue weighted by atomic mass is 10.3. The summed E-state index contributed by atoms with van der Waals surface area (Å²) in [6.45, 7) is 0.531. The molecule has 0 saturated carbocycles. The van der Waals surface area contributed by atoms with Gasteiger partial charge in [-0.25, -0.2) is 0 Å². The lowest BCUT2D eigenvalue weighted by Gasteiger charge is -2.06. The Morgan fingerprint density at radius 2 is 2.12 bits per heavy atom. The number of hydrogen-bond acceptors (Lipinski definition) is 5. The van der Waals surface area contributed by atoms with E-state index < -0.39 is 16.4 Å². The van der Waals surface area contributed by atoms with E-state index in [0.29, 0.717) is 0 Å². The van der Waals surface area contributed by atoms with Crippen LogP contribution >= 0.6 is 0 Å². The van der Waals surface area contributed by atoms with Gasteiger partial charge < -0.3 is 14.6 Å². The van der Waals surface area contributed by atoms with Gasteiger partial charge >= 0.3 is 5.69 Å². The first-order valence-electron chi connectivity index (χ1n) is 4.90. The van der Waals surface area contributed by atoms with E-state index in [1.165, 1.54) is 6.07 Å². The Labute approximate surface area is 96.7 Å². The van der Waals surface area contributed by atoms with Gasteiger partial charge in [-0.15, -0.1) is 0 Å². The smallest absolute Gasteiger partial charge is 0.308 e. The van der Waals surface area contributed by atoms with Crippen LogP contribution in [-0.4, -0.2) is 36.5 Å². The molecule has 0 saturated heterocycles. The Morgan fingerprint density at radius 1 is 1.35 bits per heavy atom. The third-order valence-electron chi connectivity index (χ3n) is 1.85. The first-order valence-corrected chi connectivity index (χ1v) is 4.90. The molecule has 0 aromatic heterocycles. The lowest BCUT2D eigenvalue weighted by molar-refractivity contribution is -0.387. The maximum Gasteiger partial charge on any atom is 0.308 e. The van der Waals surface area contributed by atoms with Gasteiger partial charge in [0.15, 0.2) is 0 Å². The van der Waals surface area contributed by atoms with E-state index in [0.717, 1.165) is 12.1 Å². The van der Waals surface area contributed by atoms with Gasteiger partial charge in [0.25, 0.3) is 0 Å². The van der Waals surface area contributed by atoms with Crippen molar-refractivity contribution in [1.29, 1.82) is 0 Å². The first-order chi connectivity index (χ1) is 8.15. The van der Waals surface area contributed by atoms with Crippen LogP contribution in [0.15, 0.2) is 18.2 Å². The number of hydrogen-bond donors (Lipinski definition) is 1. The number of nitro benzene ring substituents is 1. The first kappa shape index (κ1) is 13.3. The van der Waals surface area contributed by atoms with Gasteiger partial charge in [0, 0.05) is 0 Å². The van der Waals surface area contributed by atoms with Crippen molar-refractivity contribution in [3.05, 3.63) is 34.1 Å². The molecule has 0 unspecified atom stereocenters. The molecule has 1 aromatic rings. The van der Waals surface area contributed by atoms with Crippen molar-refractivity contribution in [1.82, 2.24) is 0 Å².